The number of benzene rings is 3. The Balaban J connectivity index is 0.000000226. The van der Waals surface area contributed by atoms with Crippen molar-refractivity contribution in [2.24, 2.45) is 21.1 Å². The van der Waals surface area contributed by atoms with Gasteiger partial charge in [0.25, 0.3) is 16.7 Å². The molecule has 1 unspecified atom stereocenters. The summed E-state index contributed by atoms with van der Waals surface area (Å²) >= 11 is 1.77. The summed E-state index contributed by atoms with van der Waals surface area (Å²) in [6.07, 6.45) is -14.0. The van der Waals surface area contributed by atoms with Gasteiger partial charge in [-0.3, -0.25) is 41.8 Å². The summed E-state index contributed by atoms with van der Waals surface area (Å²) in [5.74, 6) is 5.46. The van der Waals surface area contributed by atoms with Gasteiger partial charge in [-0.1, -0.05) is 30.0 Å². The lowest BCUT2D eigenvalue weighted by Gasteiger charge is -2.15. The number of halogens is 10. The molecule has 3 aromatic heterocycles. The Labute approximate surface area is 393 Å². The fourth-order valence-corrected chi connectivity index (χ4v) is 6.93. The van der Waals surface area contributed by atoms with E-state index in [1.165, 1.54) is 84.4 Å². The number of hydrogen-bond acceptors (Lipinski definition) is 7. The zero-order chi connectivity index (χ0) is 51.4. The summed E-state index contributed by atoms with van der Waals surface area (Å²) < 4.78 is 127. The molecule has 6 rings (SSSR count). The summed E-state index contributed by atoms with van der Waals surface area (Å²) in [6, 6.07) is 14.4. The van der Waals surface area contributed by atoms with E-state index < -0.39 is 75.1 Å². The van der Waals surface area contributed by atoms with Gasteiger partial charge in [-0.2, -0.15) is 39.5 Å². The Kier molecular flexibility index (Phi) is 16.7. The highest BCUT2D eigenvalue weighted by molar-refractivity contribution is 14.1. The molecule has 68 heavy (non-hydrogen) atoms. The van der Waals surface area contributed by atoms with E-state index >= 15 is 0 Å². The zero-order valence-electron chi connectivity index (χ0n) is 37.1. The first kappa shape index (κ1) is 53.9. The van der Waals surface area contributed by atoms with Gasteiger partial charge in [0, 0.05) is 50.9 Å². The van der Waals surface area contributed by atoms with Gasteiger partial charge < -0.3 is 4.74 Å². The lowest BCUT2D eigenvalue weighted by Crippen LogP contribution is -2.40. The number of hydrogen-bond donors (Lipinski definition) is 0. The maximum atomic E-state index is 13.0. The van der Waals surface area contributed by atoms with Crippen LogP contribution in [0.2, 0.25) is 0 Å². The van der Waals surface area contributed by atoms with Crippen LogP contribution in [0.5, 0.6) is 0 Å². The predicted octanol–water partition coefficient (Wildman–Crippen LogP) is 6.97. The van der Waals surface area contributed by atoms with E-state index in [1.54, 1.807) is 36.4 Å². The first-order valence-corrected chi connectivity index (χ1v) is 20.8. The molecule has 0 aliphatic carbocycles. The van der Waals surface area contributed by atoms with Gasteiger partial charge in [0.2, 0.25) is 0 Å². The van der Waals surface area contributed by atoms with Crippen LogP contribution in [0, 0.1) is 36.2 Å². The van der Waals surface area contributed by atoms with Gasteiger partial charge in [-0.05, 0) is 112 Å². The Morgan fingerprint density at radius 3 is 1.37 bits per heavy atom. The van der Waals surface area contributed by atoms with E-state index in [-0.39, 0.29) is 37.6 Å². The fourth-order valence-electron chi connectivity index (χ4n) is 6.33. The van der Waals surface area contributed by atoms with E-state index in [0.29, 0.717) is 12.3 Å². The molecule has 1 atom stereocenters. The third-order valence-electron chi connectivity index (χ3n) is 9.92. The van der Waals surface area contributed by atoms with Crippen molar-refractivity contribution >= 4 is 22.6 Å². The van der Waals surface area contributed by atoms with Crippen molar-refractivity contribution < 1.29 is 44.3 Å². The van der Waals surface area contributed by atoms with Crippen LogP contribution in [0.3, 0.4) is 0 Å². The second-order valence-electron chi connectivity index (χ2n) is 14.6. The maximum Gasteiger partial charge on any atom is 0.416 e. The minimum absolute atomic E-state index is 0.00355. The lowest BCUT2D eigenvalue weighted by atomic mass is 10.1. The van der Waals surface area contributed by atoms with E-state index in [1.807, 2.05) is 0 Å². The van der Waals surface area contributed by atoms with Gasteiger partial charge in [0.1, 0.15) is 11.7 Å². The minimum atomic E-state index is -4.55. The van der Waals surface area contributed by atoms with E-state index in [2.05, 4.69) is 11.8 Å². The number of nitrogens with zero attached hydrogens (tertiary/aromatic N) is 6. The Hall–Kier alpha value is -6.68. The Morgan fingerprint density at radius 1 is 0.574 bits per heavy atom. The molecule has 0 N–H and O–H groups in total. The van der Waals surface area contributed by atoms with Gasteiger partial charge in [-0.15, -0.1) is 0 Å². The third-order valence-corrected chi connectivity index (χ3v) is 11.2. The van der Waals surface area contributed by atoms with E-state index in [9.17, 15) is 68.3 Å². The first-order chi connectivity index (χ1) is 31.4. The van der Waals surface area contributed by atoms with Crippen LogP contribution in [0.15, 0.2) is 108 Å². The molecule has 362 valence electrons. The second-order valence-corrected chi connectivity index (χ2v) is 15.7. The SMILES string of the molecule is CCOC(C)C#Cc1c(C)n(-c2cccc(C(F)(F)F)c2)c(=O)n(C)c1=O.Cc1c(I)c(=O)n(C)c(=O)n1-c1cccc(C(F)(F)F)c1.Cc1cc(=O)n(C)c(=O)n1-c1cccc(C(F)(F)F)c1. The first-order valence-electron chi connectivity index (χ1n) is 19.7. The van der Waals surface area contributed by atoms with Gasteiger partial charge in [0.05, 0.1) is 37.3 Å². The van der Waals surface area contributed by atoms with Crippen molar-refractivity contribution in [3.05, 3.63) is 184 Å². The molecule has 0 spiro atoms. The largest absolute Gasteiger partial charge is 0.416 e. The molecule has 3 heterocycles. The normalized spacial score (nSPS) is 12.0. The maximum absolute atomic E-state index is 13.0. The highest BCUT2D eigenvalue weighted by Crippen LogP contribution is 2.32. The van der Waals surface area contributed by atoms with Crippen molar-refractivity contribution in [3.8, 4) is 28.9 Å². The molecule has 23 heteroatoms. The molecule has 0 bridgehead atoms. The van der Waals surface area contributed by atoms with Crippen LogP contribution in [-0.4, -0.2) is 40.1 Å². The molecule has 0 amide bonds. The summed E-state index contributed by atoms with van der Waals surface area (Å²) in [5.41, 5.74) is -5.38. The number of rotatable bonds is 5. The minimum Gasteiger partial charge on any atom is -0.366 e. The smallest absolute Gasteiger partial charge is 0.366 e. The summed E-state index contributed by atoms with van der Waals surface area (Å²) in [4.78, 5) is 72.4. The molecule has 0 saturated heterocycles. The monoisotopic (exact) mass is 1070 g/mol. The van der Waals surface area contributed by atoms with Crippen LogP contribution in [0.4, 0.5) is 39.5 Å². The molecule has 0 aliphatic rings. The standard InChI is InChI=1S/C19H19F3N2O3.C13H10F3IN2O2.C13H11F3N2O2/c1-5-27-12(2)9-10-16-13(3)24(18(26)23(4)17(16)25)15-8-6-7-14(11-15)19(20,21)22;1-7-10(17)11(20)18(2)12(21)19(7)9-5-3-4-8(6-9)13(14,15)16;1-8-6-11(19)17(2)12(20)18(8)10-5-3-4-9(7-10)13(14,15)16/h6-8,11-12H,5H2,1-4H3;3-6H,1-2H3;3-7H,1-2H3. The number of ether oxygens (including phenoxy) is 1. The molecule has 0 fully saturated rings. The highest BCUT2D eigenvalue weighted by Gasteiger charge is 2.33. The third kappa shape index (κ3) is 12.1. The van der Waals surface area contributed by atoms with Crippen LogP contribution in [-0.2, 0) is 44.4 Å². The molecular weight excluding hydrogens is 1030 g/mol. The van der Waals surface area contributed by atoms with Crippen LogP contribution in [0.1, 0.15) is 53.2 Å². The molecular formula is C45H40F9IN6O7. The van der Waals surface area contributed by atoms with Gasteiger partial charge in [0.15, 0.2) is 0 Å². The van der Waals surface area contributed by atoms with Crippen LogP contribution < -0.4 is 33.7 Å². The van der Waals surface area contributed by atoms with Gasteiger partial charge >= 0.3 is 35.6 Å². The Bertz CT molecular complexity index is 3310. The quantitative estimate of drug-likeness (QED) is 0.103. The van der Waals surface area contributed by atoms with Crippen molar-refractivity contribution in [3.63, 3.8) is 0 Å². The number of aromatic nitrogens is 6. The van der Waals surface area contributed by atoms with E-state index in [0.717, 1.165) is 63.8 Å². The molecule has 0 saturated carbocycles. The average molecular weight is 1070 g/mol. The van der Waals surface area contributed by atoms with Crippen molar-refractivity contribution in [2.45, 2.75) is 59.3 Å². The number of alkyl halides is 9. The molecule has 13 nitrogen and oxygen atoms in total. The van der Waals surface area contributed by atoms with Crippen molar-refractivity contribution in [2.75, 3.05) is 6.61 Å². The fraction of sp³-hybridized carbons (Fsp3) is 0.289. The van der Waals surface area contributed by atoms with Crippen LogP contribution >= 0.6 is 22.6 Å². The summed E-state index contributed by atoms with van der Waals surface area (Å²) in [5, 5.41) is 0. The van der Waals surface area contributed by atoms with Crippen LogP contribution in [0.25, 0.3) is 17.1 Å². The average Bonchev–Trinajstić information content (AvgIpc) is 3.26. The summed E-state index contributed by atoms with van der Waals surface area (Å²) in [6.45, 7) is 8.43. The second kappa shape index (κ2) is 21.1. The molecule has 3 aromatic carbocycles. The highest BCUT2D eigenvalue weighted by atomic mass is 127. The number of aryl methyl sites for hydroxylation is 1. The molecule has 6 aromatic rings. The molecule has 0 radical (unpaired) electrons. The zero-order valence-corrected chi connectivity index (χ0v) is 39.3. The molecule has 0 aliphatic heterocycles. The topological polar surface area (TPSA) is 141 Å². The predicted molar refractivity (Wildman–Crippen MR) is 242 cm³/mol. The Morgan fingerprint density at radius 2 is 0.956 bits per heavy atom. The van der Waals surface area contributed by atoms with Gasteiger partial charge in [-0.25, -0.2) is 14.4 Å². The van der Waals surface area contributed by atoms with E-state index in [4.69, 9.17) is 4.74 Å². The van der Waals surface area contributed by atoms with Crippen molar-refractivity contribution in [1.29, 1.82) is 0 Å². The summed E-state index contributed by atoms with van der Waals surface area (Å²) in [7, 11) is 3.82. The lowest BCUT2D eigenvalue weighted by molar-refractivity contribution is -0.138. The van der Waals surface area contributed by atoms with Crippen molar-refractivity contribution in [1.82, 2.24) is 27.4 Å².